The third kappa shape index (κ3) is 3.23. The maximum Gasteiger partial charge on any atom is 0.328 e. The molecule has 1 aliphatic heterocycles. The van der Waals surface area contributed by atoms with E-state index in [1.807, 2.05) is 0 Å². The topological polar surface area (TPSA) is 46.6 Å². The van der Waals surface area contributed by atoms with Crippen LogP contribution < -0.4 is 0 Å². The Labute approximate surface area is 116 Å². The van der Waals surface area contributed by atoms with E-state index in [0.717, 1.165) is 6.42 Å². The van der Waals surface area contributed by atoms with Crippen molar-refractivity contribution in [2.24, 2.45) is 0 Å². The highest BCUT2D eigenvalue weighted by Gasteiger charge is 2.33. The summed E-state index contributed by atoms with van der Waals surface area (Å²) >= 11 is 0. The van der Waals surface area contributed by atoms with Crippen LogP contribution in [-0.2, 0) is 14.3 Å². The van der Waals surface area contributed by atoms with Crippen LogP contribution >= 0.6 is 0 Å². The summed E-state index contributed by atoms with van der Waals surface area (Å²) < 4.78 is 17.7. The summed E-state index contributed by atoms with van der Waals surface area (Å²) in [6.45, 7) is 0.534. The third-order valence-electron chi connectivity index (χ3n) is 3.28. The molecule has 0 aliphatic carbocycles. The number of carbonyl (C=O) groups excluding carboxylic acids is 2. The number of nitrogens with zero attached hydrogens (tertiary/aromatic N) is 1. The van der Waals surface area contributed by atoms with Gasteiger partial charge in [-0.2, -0.15) is 0 Å². The van der Waals surface area contributed by atoms with E-state index in [1.165, 1.54) is 36.3 Å². The average molecular weight is 277 g/mol. The minimum Gasteiger partial charge on any atom is -0.467 e. The number of halogens is 1. The number of hydrogen-bond acceptors (Lipinski definition) is 3. The summed E-state index contributed by atoms with van der Waals surface area (Å²) in [4.78, 5) is 25.1. The second-order valence-electron chi connectivity index (χ2n) is 4.60. The Kier molecular flexibility index (Phi) is 4.50. The lowest BCUT2D eigenvalue weighted by molar-refractivity contribution is -0.149. The maximum atomic E-state index is 13.0. The maximum absolute atomic E-state index is 13.0. The highest BCUT2D eigenvalue weighted by Crippen LogP contribution is 2.19. The largest absolute Gasteiger partial charge is 0.467 e. The highest BCUT2D eigenvalue weighted by atomic mass is 19.1. The van der Waals surface area contributed by atoms with Crippen molar-refractivity contribution in [1.82, 2.24) is 4.90 Å². The normalized spacial score (nSPS) is 18.5. The predicted molar refractivity (Wildman–Crippen MR) is 72.2 cm³/mol. The van der Waals surface area contributed by atoms with Crippen LogP contribution in [0.5, 0.6) is 0 Å². The summed E-state index contributed by atoms with van der Waals surface area (Å²) in [7, 11) is 1.31. The number of carbonyl (C=O) groups is 2. The molecule has 0 N–H and O–H groups in total. The molecule has 0 radical (unpaired) electrons. The molecule has 2 rings (SSSR count). The van der Waals surface area contributed by atoms with Crippen molar-refractivity contribution in [3.8, 4) is 0 Å². The van der Waals surface area contributed by atoms with Crippen LogP contribution in [0.2, 0.25) is 0 Å². The van der Waals surface area contributed by atoms with Crippen LogP contribution in [-0.4, -0.2) is 36.5 Å². The van der Waals surface area contributed by atoms with Gasteiger partial charge >= 0.3 is 5.97 Å². The number of rotatable bonds is 3. The zero-order chi connectivity index (χ0) is 14.5. The average Bonchev–Trinajstić information content (AvgIpc) is 2.93. The number of methoxy groups -OCH3 is 1. The Morgan fingerprint density at radius 3 is 2.95 bits per heavy atom. The van der Waals surface area contributed by atoms with Gasteiger partial charge in [0.25, 0.3) is 0 Å². The first kappa shape index (κ1) is 14.2. The summed E-state index contributed by atoms with van der Waals surface area (Å²) in [5, 5.41) is 0. The van der Waals surface area contributed by atoms with Crippen LogP contribution in [0.25, 0.3) is 6.08 Å². The van der Waals surface area contributed by atoms with Crippen molar-refractivity contribution >= 4 is 18.0 Å². The molecule has 1 aromatic carbocycles. The van der Waals surface area contributed by atoms with Crippen molar-refractivity contribution < 1.29 is 18.7 Å². The molecule has 1 fully saturated rings. The van der Waals surface area contributed by atoms with Crippen LogP contribution in [0.4, 0.5) is 4.39 Å². The van der Waals surface area contributed by atoms with Crippen molar-refractivity contribution in [3.05, 3.63) is 41.7 Å². The lowest BCUT2D eigenvalue weighted by Gasteiger charge is -2.20. The van der Waals surface area contributed by atoms with Gasteiger partial charge in [0.2, 0.25) is 5.91 Å². The van der Waals surface area contributed by atoms with Crippen molar-refractivity contribution in [2.75, 3.05) is 13.7 Å². The molecule has 4 nitrogen and oxygen atoms in total. The number of hydrogen-bond donors (Lipinski definition) is 0. The SMILES string of the molecule is COC(=O)C1CCCN1C(=O)/C=C/c1cccc(F)c1. The molecule has 106 valence electrons. The smallest absolute Gasteiger partial charge is 0.328 e. The first-order valence-electron chi connectivity index (χ1n) is 6.44. The van der Waals surface area contributed by atoms with Gasteiger partial charge < -0.3 is 9.64 Å². The summed E-state index contributed by atoms with van der Waals surface area (Å²) in [5.41, 5.74) is 0.604. The number of benzene rings is 1. The number of amides is 1. The van der Waals surface area contributed by atoms with Gasteiger partial charge in [-0.3, -0.25) is 4.79 Å². The highest BCUT2D eigenvalue weighted by molar-refractivity contribution is 5.95. The van der Waals surface area contributed by atoms with E-state index >= 15 is 0 Å². The molecule has 1 atom stereocenters. The lowest BCUT2D eigenvalue weighted by atomic mass is 10.2. The zero-order valence-corrected chi connectivity index (χ0v) is 11.2. The Balaban J connectivity index is 2.06. The zero-order valence-electron chi connectivity index (χ0n) is 11.2. The molecule has 1 heterocycles. The quantitative estimate of drug-likeness (QED) is 0.627. The van der Waals surface area contributed by atoms with Gasteiger partial charge in [-0.15, -0.1) is 0 Å². The van der Waals surface area contributed by atoms with Crippen LogP contribution in [0.3, 0.4) is 0 Å². The molecule has 0 spiro atoms. The summed E-state index contributed by atoms with van der Waals surface area (Å²) in [5.74, 6) is -1.01. The first-order valence-corrected chi connectivity index (χ1v) is 6.44. The molecule has 1 saturated heterocycles. The predicted octanol–water partition coefficient (Wildman–Crippen LogP) is 2.00. The van der Waals surface area contributed by atoms with E-state index in [2.05, 4.69) is 4.74 Å². The van der Waals surface area contributed by atoms with E-state index in [-0.39, 0.29) is 11.7 Å². The van der Waals surface area contributed by atoms with Gasteiger partial charge in [-0.25, -0.2) is 9.18 Å². The van der Waals surface area contributed by atoms with Gasteiger partial charge in [0.15, 0.2) is 0 Å². The second kappa shape index (κ2) is 6.32. The third-order valence-corrected chi connectivity index (χ3v) is 3.28. The fraction of sp³-hybridized carbons (Fsp3) is 0.333. The van der Waals surface area contributed by atoms with E-state index < -0.39 is 12.0 Å². The molecule has 1 unspecified atom stereocenters. The summed E-state index contributed by atoms with van der Waals surface area (Å²) in [6.07, 6.45) is 4.29. The number of likely N-dealkylation sites (tertiary alicyclic amines) is 1. The number of esters is 1. The molecule has 1 aromatic rings. The van der Waals surface area contributed by atoms with E-state index in [4.69, 9.17) is 0 Å². The summed E-state index contributed by atoms with van der Waals surface area (Å²) in [6, 6.07) is 5.45. The fourth-order valence-corrected chi connectivity index (χ4v) is 2.29. The molecule has 0 saturated carbocycles. The Hall–Kier alpha value is -2.17. The second-order valence-corrected chi connectivity index (χ2v) is 4.60. The molecule has 1 aliphatic rings. The van der Waals surface area contributed by atoms with E-state index in [1.54, 1.807) is 12.1 Å². The molecular formula is C15H16FNO3. The molecule has 1 amide bonds. The molecule has 0 bridgehead atoms. The van der Waals surface area contributed by atoms with Crippen molar-refractivity contribution in [2.45, 2.75) is 18.9 Å². The Bertz CT molecular complexity index is 542. The van der Waals surface area contributed by atoms with Gasteiger partial charge in [-0.1, -0.05) is 12.1 Å². The van der Waals surface area contributed by atoms with Gasteiger partial charge in [0.05, 0.1) is 7.11 Å². The monoisotopic (exact) mass is 277 g/mol. The Morgan fingerprint density at radius 2 is 2.25 bits per heavy atom. The molecule has 20 heavy (non-hydrogen) atoms. The van der Waals surface area contributed by atoms with Crippen LogP contribution in [0, 0.1) is 5.82 Å². The number of ether oxygens (including phenoxy) is 1. The van der Waals surface area contributed by atoms with Crippen LogP contribution in [0.15, 0.2) is 30.3 Å². The molecular weight excluding hydrogens is 261 g/mol. The van der Waals surface area contributed by atoms with Crippen molar-refractivity contribution in [3.63, 3.8) is 0 Å². The van der Waals surface area contributed by atoms with Crippen LogP contribution in [0.1, 0.15) is 18.4 Å². The lowest BCUT2D eigenvalue weighted by Crippen LogP contribution is -2.40. The fourth-order valence-electron chi connectivity index (χ4n) is 2.29. The van der Waals surface area contributed by atoms with Gasteiger partial charge in [-0.05, 0) is 36.6 Å². The molecule has 5 heteroatoms. The van der Waals surface area contributed by atoms with Crippen molar-refractivity contribution in [1.29, 1.82) is 0 Å². The minimum atomic E-state index is -0.510. The van der Waals surface area contributed by atoms with Gasteiger partial charge in [0, 0.05) is 12.6 Å². The minimum absolute atomic E-state index is 0.262. The Morgan fingerprint density at radius 1 is 1.45 bits per heavy atom. The van der Waals surface area contributed by atoms with E-state index in [9.17, 15) is 14.0 Å². The molecule has 0 aromatic heterocycles. The van der Waals surface area contributed by atoms with E-state index in [0.29, 0.717) is 18.5 Å². The standard InChI is InChI=1S/C15H16FNO3/c1-20-15(19)13-6-3-9-17(13)14(18)8-7-11-4-2-5-12(16)10-11/h2,4-5,7-8,10,13H,3,6,9H2,1H3/b8-7+. The first-order chi connectivity index (χ1) is 9.61. The van der Waals surface area contributed by atoms with Gasteiger partial charge in [0.1, 0.15) is 11.9 Å².